The van der Waals surface area contributed by atoms with Crippen molar-refractivity contribution in [2.75, 3.05) is 0 Å². The van der Waals surface area contributed by atoms with Gasteiger partial charge in [-0.05, 0) is 32.3 Å². The minimum atomic E-state index is -0.166. The Bertz CT molecular complexity index is 446. The van der Waals surface area contributed by atoms with Crippen molar-refractivity contribution in [3.8, 4) is 0 Å². The second kappa shape index (κ2) is 9.13. The number of esters is 1. The molecule has 0 bridgehead atoms. The molecule has 1 aromatic rings. The van der Waals surface area contributed by atoms with E-state index in [4.69, 9.17) is 4.74 Å². The summed E-state index contributed by atoms with van der Waals surface area (Å²) in [5.41, 5.74) is 2.30. The zero-order valence-corrected chi connectivity index (χ0v) is 12.5. The maximum atomic E-state index is 11.8. The van der Waals surface area contributed by atoms with Gasteiger partial charge in [0, 0.05) is 6.42 Å². The smallest absolute Gasteiger partial charge is 0.310 e. The fraction of sp³-hybridized carbons (Fsp3) is 0.389. The van der Waals surface area contributed by atoms with Crippen LogP contribution in [0.15, 0.2) is 54.6 Å². The summed E-state index contributed by atoms with van der Waals surface area (Å²) in [4.78, 5) is 11.8. The summed E-state index contributed by atoms with van der Waals surface area (Å²) < 4.78 is 5.41. The van der Waals surface area contributed by atoms with Gasteiger partial charge in [0.15, 0.2) is 0 Å². The first-order valence-corrected chi connectivity index (χ1v) is 7.11. The fourth-order valence-corrected chi connectivity index (χ4v) is 1.88. The highest BCUT2D eigenvalue weighted by atomic mass is 16.5. The number of carbonyl (C=O) groups excluding carboxylic acids is 1. The van der Waals surface area contributed by atoms with E-state index in [0.29, 0.717) is 6.42 Å². The molecule has 2 heteroatoms. The molecule has 1 rings (SSSR count). The minimum Gasteiger partial charge on any atom is -0.462 e. The van der Waals surface area contributed by atoms with Crippen LogP contribution >= 0.6 is 0 Å². The van der Waals surface area contributed by atoms with E-state index >= 15 is 0 Å². The Morgan fingerprint density at radius 1 is 1.35 bits per heavy atom. The van der Waals surface area contributed by atoms with Crippen molar-refractivity contribution in [2.45, 2.75) is 45.6 Å². The molecular formula is C18H24O2. The van der Waals surface area contributed by atoms with E-state index in [0.717, 1.165) is 24.8 Å². The van der Waals surface area contributed by atoms with Crippen LogP contribution in [0.4, 0.5) is 0 Å². The Hall–Kier alpha value is -1.83. The topological polar surface area (TPSA) is 26.3 Å². The first kappa shape index (κ1) is 16.2. The number of ether oxygens (including phenoxy) is 1. The highest BCUT2D eigenvalue weighted by molar-refractivity contribution is 5.72. The maximum Gasteiger partial charge on any atom is 0.310 e. The zero-order valence-electron chi connectivity index (χ0n) is 12.5. The van der Waals surface area contributed by atoms with E-state index in [-0.39, 0.29) is 12.1 Å². The molecule has 0 aliphatic heterocycles. The number of hydrogen-bond acceptors (Lipinski definition) is 2. The van der Waals surface area contributed by atoms with Gasteiger partial charge in [0.1, 0.15) is 6.10 Å². The second-order valence-corrected chi connectivity index (χ2v) is 5.08. The Balaban J connectivity index is 2.33. The van der Waals surface area contributed by atoms with E-state index in [1.54, 1.807) is 0 Å². The number of benzene rings is 1. The third-order valence-electron chi connectivity index (χ3n) is 3.06. The Labute approximate surface area is 122 Å². The Morgan fingerprint density at radius 2 is 2.05 bits per heavy atom. The van der Waals surface area contributed by atoms with Gasteiger partial charge >= 0.3 is 5.97 Å². The predicted molar refractivity (Wildman–Crippen MR) is 83.5 cm³/mol. The van der Waals surface area contributed by atoms with Gasteiger partial charge in [-0.15, -0.1) is 6.58 Å². The summed E-state index contributed by atoms with van der Waals surface area (Å²) in [5, 5.41) is 0. The highest BCUT2D eigenvalue weighted by Crippen LogP contribution is 2.09. The monoisotopic (exact) mass is 272 g/mol. The molecule has 1 atom stereocenters. The highest BCUT2D eigenvalue weighted by Gasteiger charge is 2.09. The third kappa shape index (κ3) is 6.93. The van der Waals surface area contributed by atoms with Crippen LogP contribution in [0, 0.1) is 0 Å². The molecule has 0 heterocycles. The molecule has 2 nitrogen and oxygen atoms in total. The molecule has 0 saturated heterocycles. The van der Waals surface area contributed by atoms with Crippen LogP contribution in [-0.2, 0) is 16.0 Å². The van der Waals surface area contributed by atoms with Crippen LogP contribution in [0.2, 0.25) is 0 Å². The summed E-state index contributed by atoms with van der Waals surface area (Å²) >= 11 is 0. The molecule has 0 spiro atoms. The van der Waals surface area contributed by atoms with Crippen LogP contribution in [0.5, 0.6) is 0 Å². The number of hydrogen-bond donors (Lipinski definition) is 0. The van der Waals surface area contributed by atoms with Crippen LogP contribution in [-0.4, -0.2) is 12.1 Å². The van der Waals surface area contributed by atoms with Gasteiger partial charge in [0.2, 0.25) is 0 Å². The van der Waals surface area contributed by atoms with Crippen LogP contribution < -0.4 is 0 Å². The molecule has 0 amide bonds. The molecule has 1 aromatic carbocycles. The summed E-state index contributed by atoms with van der Waals surface area (Å²) in [6.45, 7) is 7.74. The van der Waals surface area contributed by atoms with Gasteiger partial charge in [-0.25, -0.2) is 0 Å². The average Bonchev–Trinajstić information content (AvgIpc) is 2.43. The van der Waals surface area contributed by atoms with Crippen LogP contribution in [0.1, 0.15) is 38.7 Å². The molecule has 0 aliphatic carbocycles. The lowest BCUT2D eigenvalue weighted by Crippen LogP contribution is -2.16. The fourth-order valence-electron chi connectivity index (χ4n) is 1.88. The van der Waals surface area contributed by atoms with Crippen molar-refractivity contribution in [1.29, 1.82) is 0 Å². The van der Waals surface area contributed by atoms with Crippen molar-refractivity contribution in [3.05, 3.63) is 60.2 Å². The summed E-state index contributed by atoms with van der Waals surface area (Å²) in [5.74, 6) is -0.166. The largest absolute Gasteiger partial charge is 0.462 e. The number of rotatable bonds is 8. The van der Waals surface area contributed by atoms with Crippen molar-refractivity contribution in [3.63, 3.8) is 0 Å². The summed E-state index contributed by atoms with van der Waals surface area (Å²) in [7, 11) is 0. The lowest BCUT2D eigenvalue weighted by Gasteiger charge is -2.12. The molecule has 1 unspecified atom stereocenters. The molecule has 0 aliphatic rings. The lowest BCUT2D eigenvalue weighted by atomic mass is 10.1. The number of allylic oxidation sites excluding steroid dienone is 2. The normalized spacial score (nSPS) is 12.8. The Kier molecular flexibility index (Phi) is 7.41. The van der Waals surface area contributed by atoms with Crippen molar-refractivity contribution in [2.24, 2.45) is 0 Å². The molecule has 0 radical (unpaired) electrons. The molecular weight excluding hydrogens is 248 g/mol. The average molecular weight is 272 g/mol. The van der Waals surface area contributed by atoms with E-state index in [9.17, 15) is 4.79 Å². The van der Waals surface area contributed by atoms with Gasteiger partial charge in [-0.1, -0.05) is 48.1 Å². The molecule has 0 fully saturated rings. The minimum absolute atomic E-state index is 0.0788. The molecule has 0 aromatic heterocycles. The SMILES string of the molecule is C=CCC/C(C)=C/CC(C)OC(=O)Cc1ccccc1. The van der Waals surface area contributed by atoms with Gasteiger partial charge < -0.3 is 4.74 Å². The van der Waals surface area contributed by atoms with E-state index in [1.807, 2.05) is 43.3 Å². The first-order chi connectivity index (χ1) is 9.61. The summed E-state index contributed by atoms with van der Waals surface area (Å²) in [6, 6.07) is 9.67. The standard InChI is InChI=1S/C18H24O2/c1-4-5-9-15(2)12-13-16(3)20-18(19)14-17-10-7-6-8-11-17/h4,6-8,10-12,16H,1,5,9,13-14H2,2-3H3/b15-12+. The Morgan fingerprint density at radius 3 is 2.70 bits per heavy atom. The lowest BCUT2D eigenvalue weighted by molar-refractivity contribution is -0.147. The zero-order chi connectivity index (χ0) is 14.8. The molecule has 20 heavy (non-hydrogen) atoms. The first-order valence-electron chi connectivity index (χ1n) is 7.11. The van der Waals surface area contributed by atoms with Gasteiger partial charge in [0.25, 0.3) is 0 Å². The molecule has 0 saturated carbocycles. The van der Waals surface area contributed by atoms with Gasteiger partial charge in [-0.3, -0.25) is 4.79 Å². The van der Waals surface area contributed by atoms with Crippen LogP contribution in [0.25, 0.3) is 0 Å². The van der Waals surface area contributed by atoms with Crippen molar-refractivity contribution < 1.29 is 9.53 Å². The molecule has 108 valence electrons. The third-order valence-corrected chi connectivity index (χ3v) is 3.06. The second-order valence-electron chi connectivity index (χ2n) is 5.08. The van der Waals surface area contributed by atoms with Gasteiger partial charge in [0.05, 0.1) is 6.42 Å². The quantitative estimate of drug-likeness (QED) is 0.516. The van der Waals surface area contributed by atoms with Crippen molar-refractivity contribution in [1.82, 2.24) is 0 Å². The summed E-state index contributed by atoms with van der Waals surface area (Å²) in [6.07, 6.45) is 7.10. The maximum absolute atomic E-state index is 11.8. The van der Waals surface area contributed by atoms with E-state index in [1.165, 1.54) is 5.57 Å². The predicted octanol–water partition coefficient (Wildman–Crippen LogP) is 4.46. The van der Waals surface area contributed by atoms with E-state index < -0.39 is 0 Å². The van der Waals surface area contributed by atoms with Crippen LogP contribution in [0.3, 0.4) is 0 Å². The van der Waals surface area contributed by atoms with E-state index in [2.05, 4.69) is 19.6 Å². The number of carbonyl (C=O) groups is 1. The van der Waals surface area contributed by atoms with Crippen molar-refractivity contribution >= 4 is 5.97 Å². The van der Waals surface area contributed by atoms with Gasteiger partial charge in [-0.2, -0.15) is 0 Å². The molecule has 0 N–H and O–H groups in total.